The monoisotopic (exact) mass is 407 g/mol. The van der Waals surface area contributed by atoms with E-state index in [0.29, 0.717) is 8.95 Å². The molecule has 0 saturated heterocycles. The third-order valence-corrected chi connectivity index (χ3v) is 3.24. The van der Waals surface area contributed by atoms with E-state index in [4.69, 9.17) is 5.11 Å². The maximum Gasteiger partial charge on any atom is 0.337 e. The number of rotatable bonds is 5. The molecule has 0 aliphatic rings. The summed E-state index contributed by atoms with van der Waals surface area (Å²) in [6.07, 6.45) is -0.477. The van der Waals surface area contributed by atoms with Gasteiger partial charge in [-0.25, -0.2) is 4.79 Å². The topological polar surface area (TPSA) is 92.7 Å². The molecule has 6 nitrogen and oxygen atoms in total. The molecular weight excluding hydrogens is 398 g/mol. The van der Waals surface area contributed by atoms with E-state index in [0.717, 1.165) is 0 Å². The van der Waals surface area contributed by atoms with Crippen LogP contribution in [0.15, 0.2) is 21.1 Å². The molecular formula is C12H11Br2NO5. The molecule has 1 aromatic rings. The number of hydrogen-bond acceptors (Lipinski definition) is 4. The summed E-state index contributed by atoms with van der Waals surface area (Å²) < 4.78 is 5.58. The minimum Gasteiger partial charge on any atom is -0.478 e. The number of carbonyl (C=O) groups excluding carboxylic acids is 2. The van der Waals surface area contributed by atoms with Crippen molar-refractivity contribution in [1.82, 2.24) is 0 Å². The molecule has 2 N–H and O–H groups in total. The minimum absolute atomic E-state index is 0.0926. The lowest BCUT2D eigenvalue weighted by Gasteiger charge is -2.11. The van der Waals surface area contributed by atoms with E-state index in [2.05, 4.69) is 41.9 Å². The van der Waals surface area contributed by atoms with Gasteiger partial charge in [0, 0.05) is 8.95 Å². The van der Waals surface area contributed by atoms with Crippen molar-refractivity contribution < 1.29 is 24.2 Å². The first-order valence-corrected chi connectivity index (χ1v) is 7.11. The summed E-state index contributed by atoms with van der Waals surface area (Å²) in [7, 11) is 0. The van der Waals surface area contributed by atoms with Crippen LogP contribution in [0.25, 0.3) is 0 Å². The highest BCUT2D eigenvalue weighted by Gasteiger charge is 2.18. The van der Waals surface area contributed by atoms with Crippen molar-refractivity contribution in [3.63, 3.8) is 0 Å². The summed E-state index contributed by atoms with van der Waals surface area (Å²) in [4.78, 5) is 34.0. The SMILES string of the molecule is CCOC(=O)CC(=O)Nc1c(Br)cc(Br)cc1C(=O)O. The second kappa shape index (κ2) is 7.39. The number of nitrogens with one attached hydrogen (secondary N) is 1. The molecule has 1 amide bonds. The van der Waals surface area contributed by atoms with Gasteiger partial charge < -0.3 is 15.2 Å². The Bertz CT molecular complexity index is 559. The van der Waals surface area contributed by atoms with Crippen LogP contribution in [0.5, 0.6) is 0 Å². The van der Waals surface area contributed by atoms with E-state index in [1.54, 1.807) is 13.0 Å². The molecule has 0 bridgehead atoms. The van der Waals surface area contributed by atoms with Crippen LogP contribution < -0.4 is 5.32 Å². The summed E-state index contributed by atoms with van der Waals surface area (Å²) in [5.74, 6) is -2.51. The van der Waals surface area contributed by atoms with Crippen LogP contribution in [0.1, 0.15) is 23.7 Å². The summed E-state index contributed by atoms with van der Waals surface area (Å²) in [5, 5.41) is 11.5. The zero-order valence-corrected chi connectivity index (χ0v) is 13.6. The van der Waals surface area contributed by atoms with Gasteiger partial charge in [-0.15, -0.1) is 0 Å². The number of carboxylic acid groups (broad SMARTS) is 1. The Morgan fingerprint density at radius 1 is 1.30 bits per heavy atom. The van der Waals surface area contributed by atoms with E-state index in [1.807, 2.05) is 0 Å². The number of ether oxygens (including phenoxy) is 1. The van der Waals surface area contributed by atoms with Gasteiger partial charge >= 0.3 is 11.9 Å². The molecule has 8 heteroatoms. The smallest absolute Gasteiger partial charge is 0.337 e. The van der Waals surface area contributed by atoms with E-state index in [9.17, 15) is 14.4 Å². The third kappa shape index (κ3) is 4.61. The molecule has 108 valence electrons. The van der Waals surface area contributed by atoms with E-state index in [1.165, 1.54) is 6.07 Å². The van der Waals surface area contributed by atoms with Crippen molar-refractivity contribution in [2.45, 2.75) is 13.3 Å². The molecule has 0 aliphatic heterocycles. The fourth-order valence-corrected chi connectivity index (χ4v) is 2.72. The molecule has 1 aromatic carbocycles. The van der Waals surface area contributed by atoms with Gasteiger partial charge in [0.25, 0.3) is 0 Å². The lowest BCUT2D eigenvalue weighted by molar-refractivity contribution is -0.145. The van der Waals surface area contributed by atoms with E-state index in [-0.39, 0.29) is 17.9 Å². The molecule has 0 heterocycles. The average Bonchev–Trinajstić information content (AvgIpc) is 2.32. The van der Waals surface area contributed by atoms with Gasteiger partial charge in [-0.3, -0.25) is 9.59 Å². The Morgan fingerprint density at radius 3 is 2.50 bits per heavy atom. The Kier molecular flexibility index (Phi) is 6.15. The van der Waals surface area contributed by atoms with Crippen molar-refractivity contribution in [2.75, 3.05) is 11.9 Å². The standard InChI is InChI=1S/C12H11Br2NO5/c1-2-20-10(17)5-9(16)15-11-7(12(18)19)3-6(13)4-8(11)14/h3-4H,2,5H2,1H3,(H,15,16)(H,18,19). The van der Waals surface area contributed by atoms with Crippen LogP contribution in [-0.2, 0) is 14.3 Å². The number of aromatic carboxylic acids is 1. The maximum atomic E-state index is 11.7. The van der Waals surface area contributed by atoms with Crippen molar-refractivity contribution in [3.8, 4) is 0 Å². The molecule has 0 saturated carbocycles. The number of anilines is 1. The van der Waals surface area contributed by atoms with Gasteiger partial charge in [0.15, 0.2) is 0 Å². The third-order valence-electron chi connectivity index (χ3n) is 2.16. The molecule has 0 radical (unpaired) electrons. The Labute approximate surface area is 131 Å². The van der Waals surface area contributed by atoms with Gasteiger partial charge in [0.1, 0.15) is 6.42 Å². The molecule has 0 fully saturated rings. The summed E-state index contributed by atoms with van der Waals surface area (Å²) in [6.45, 7) is 1.80. The largest absolute Gasteiger partial charge is 0.478 e. The van der Waals surface area contributed by atoms with Gasteiger partial charge in [-0.05, 0) is 35.0 Å². The Morgan fingerprint density at radius 2 is 1.95 bits per heavy atom. The predicted molar refractivity (Wildman–Crippen MR) is 78.7 cm³/mol. The zero-order valence-electron chi connectivity index (χ0n) is 10.4. The van der Waals surface area contributed by atoms with Gasteiger partial charge in [-0.1, -0.05) is 15.9 Å². The van der Waals surface area contributed by atoms with Crippen molar-refractivity contribution >= 4 is 55.4 Å². The van der Waals surface area contributed by atoms with Crippen LogP contribution >= 0.6 is 31.9 Å². The molecule has 0 spiro atoms. The first-order valence-electron chi connectivity index (χ1n) is 5.53. The number of esters is 1. The lowest BCUT2D eigenvalue weighted by atomic mass is 10.1. The number of carboxylic acids is 1. The number of hydrogen-bond donors (Lipinski definition) is 2. The molecule has 1 rings (SSSR count). The highest BCUT2D eigenvalue weighted by molar-refractivity contribution is 9.11. The van der Waals surface area contributed by atoms with Crippen molar-refractivity contribution in [2.24, 2.45) is 0 Å². The van der Waals surface area contributed by atoms with E-state index < -0.39 is 24.3 Å². The minimum atomic E-state index is -1.20. The first-order chi connectivity index (χ1) is 9.35. The van der Waals surface area contributed by atoms with Crippen LogP contribution in [0, 0.1) is 0 Å². The molecule has 0 unspecified atom stereocenters. The van der Waals surface area contributed by atoms with E-state index >= 15 is 0 Å². The molecule has 0 atom stereocenters. The average molecular weight is 409 g/mol. The lowest BCUT2D eigenvalue weighted by Crippen LogP contribution is -2.20. The van der Waals surface area contributed by atoms with Crippen LogP contribution in [0.3, 0.4) is 0 Å². The van der Waals surface area contributed by atoms with Crippen LogP contribution in [-0.4, -0.2) is 29.6 Å². The normalized spacial score (nSPS) is 9.95. The molecule has 0 aromatic heterocycles. The second-order valence-electron chi connectivity index (χ2n) is 3.65. The number of amides is 1. The summed E-state index contributed by atoms with van der Waals surface area (Å²) >= 11 is 6.33. The fraction of sp³-hybridized carbons (Fsp3) is 0.250. The highest BCUT2D eigenvalue weighted by atomic mass is 79.9. The first kappa shape index (κ1) is 16.6. The summed E-state index contributed by atoms with van der Waals surface area (Å²) in [5.41, 5.74) is -0.00143. The zero-order chi connectivity index (χ0) is 15.3. The van der Waals surface area contributed by atoms with Crippen LogP contribution in [0.4, 0.5) is 5.69 Å². The highest BCUT2D eigenvalue weighted by Crippen LogP contribution is 2.31. The van der Waals surface area contributed by atoms with Crippen molar-refractivity contribution in [1.29, 1.82) is 0 Å². The van der Waals surface area contributed by atoms with Gasteiger partial charge in [0.2, 0.25) is 5.91 Å². The quantitative estimate of drug-likeness (QED) is 0.577. The van der Waals surface area contributed by atoms with Gasteiger partial charge in [0.05, 0.1) is 17.9 Å². The van der Waals surface area contributed by atoms with Crippen molar-refractivity contribution in [3.05, 3.63) is 26.6 Å². The second-order valence-corrected chi connectivity index (χ2v) is 5.42. The molecule has 20 heavy (non-hydrogen) atoms. The number of halogens is 2. The maximum absolute atomic E-state index is 11.7. The number of carbonyl (C=O) groups is 3. The van der Waals surface area contributed by atoms with Gasteiger partial charge in [-0.2, -0.15) is 0 Å². The Hall–Kier alpha value is -1.41. The predicted octanol–water partition coefficient (Wildman–Crippen LogP) is 2.80. The molecule has 0 aliphatic carbocycles. The fourth-order valence-electron chi connectivity index (χ4n) is 1.40. The van der Waals surface area contributed by atoms with Crippen LogP contribution in [0.2, 0.25) is 0 Å². The number of benzene rings is 1. The Balaban J connectivity index is 2.94. The summed E-state index contributed by atoms with van der Waals surface area (Å²) in [6, 6.07) is 2.94.